The fourth-order valence-electron chi connectivity index (χ4n) is 2.17. The zero-order chi connectivity index (χ0) is 13.0. The number of rotatable bonds is 3. The van der Waals surface area contributed by atoms with E-state index in [-0.39, 0.29) is 11.8 Å². The van der Waals surface area contributed by atoms with E-state index in [0.717, 1.165) is 12.8 Å². The van der Waals surface area contributed by atoms with Gasteiger partial charge >= 0.3 is 5.97 Å². The first-order valence-corrected chi connectivity index (χ1v) is 6.18. The highest BCUT2D eigenvalue weighted by atomic mass is 16.5. The topological polar surface area (TPSA) is 43.4 Å². The Hall–Kier alpha value is -1.90. The first kappa shape index (κ1) is 12.6. The maximum absolute atomic E-state index is 12.3. The Bertz CT molecular complexity index is 486. The van der Waals surface area contributed by atoms with Gasteiger partial charge < -0.3 is 4.74 Å². The van der Waals surface area contributed by atoms with Crippen LogP contribution >= 0.6 is 0 Å². The van der Waals surface area contributed by atoms with Crippen molar-refractivity contribution in [1.29, 1.82) is 0 Å². The van der Waals surface area contributed by atoms with E-state index in [0.29, 0.717) is 29.7 Å². The number of carbonyl (C=O) groups is 2. The monoisotopic (exact) mass is 244 g/mol. The quantitative estimate of drug-likeness (QED) is 0.605. The predicted octanol–water partition coefficient (Wildman–Crippen LogP) is 3.26. The number of benzene rings is 1. The summed E-state index contributed by atoms with van der Waals surface area (Å²) < 4.78 is 5.17. The van der Waals surface area contributed by atoms with Gasteiger partial charge in [0.05, 0.1) is 0 Å². The fourth-order valence-corrected chi connectivity index (χ4v) is 2.17. The summed E-state index contributed by atoms with van der Waals surface area (Å²) in [5.41, 5.74) is 1.31. The minimum absolute atomic E-state index is 0.0217. The van der Waals surface area contributed by atoms with Crippen molar-refractivity contribution in [3.8, 4) is 0 Å². The van der Waals surface area contributed by atoms with Crippen molar-refractivity contribution in [3.05, 3.63) is 47.2 Å². The molecule has 0 N–H and O–H groups in total. The highest BCUT2D eigenvalue weighted by Gasteiger charge is 2.22. The van der Waals surface area contributed by atoms with E-state index >= 15 is 0 Å². The van der Waals surface area contributed by atoms with Gasteiger partial charge in [0.1, 0.15) is 5.76 Å². The van der Waals surface area contributed by atoms with E-state index in [9.17, 15) is 9.59 Å². The molecule has 0 aromatic heterocycles. The summed E-state index contributed by atoms with van der Waals surface area (Å²) in [6.07, 6.45) is 3.30. The lowest BCUT2D eigenvalue weighted by atomic mass is 9.91. The third kappa shape index (κ3) is 2.86. The molecular formula is C15H16O3. The molecule has 0 amide bonds. The van der Waals surface area contributed by atoms with Crippen LogP contribution in [-0.2, 0) is 9.53 Å². The number of carbonyl (C=O) groups excluding carboxylic acids is 2. The van der Waals surface area contributed by atoms with Gasteiger partial charge in [-0.3, -0.25) is 9.59 Å². The van der Waals surface area contributed by atoms with Crippen LogP contribution in [0.4, 0.5) is 0 Å². The molecule has 3 nitrogen and oxygen atoms in total. The largest absolute Gasteiger partial charge is 0.431 e. The van der Waals surface area contributed by atoms with Gasteiger partial charge in [-0.1, -0.05) is 30.3 Å². The molecule has 1 aromatic carbocycles. The highest BCUT2D eigenvalue weighted by molar-refractivity contribution is 6.09. The lowest BCUT2D eigenvalue weighted by molar-refractivity contribution is -0.137. The third-order valence-electron chi connectivity index (χ3n) is 2.99. The van der Waals surface area contributed by atoms with Crippen LogP contribution in [0.15, 0.2) is 41.7 Å². The van der Waals surface area contributed by atoms with Crippen molar-refractivity contribution in [1.82, 2.24) is 0 Å². The number of hydrogen-bond acceptors (Lipinski definition) is 3. The molecule has 0 radical (unpaired) electrons. The van der Waals surface area contributed by atoms with Crippen molar-refractivity contribution >= 4 is 11.8 Å². The molecule has 0 spiro atoms. The van der Waals surface area contributed by atoms with Gasteiger partial charge in [-0.2, -0.15) is 0 Å². The number of ketones is 1. The third-order valence-corrected chi connectivity index (χ3v) is 2.99. The smallest absolute Gasteiger partial charge is 0.307 e. The Morgan fingerprint density at radius 3 is 2.39 bits per heavy atom. The van der Waals surface area contributed by atoms with Gasteiger partial charge in [-0.05, 0) is 19.3 Å². The van der Waals surface area contributed by atoms with E-state index in [1.807, 2.05) is 18.2 Å². The number of ether oxygens (including phenoxy) is 1. The Morgan fingerprint density at radius 2 is 1.72 bits per heavy atom. The maximum Gasteiger partial charge on any atom is 0.307 e. The molecule has 1 aliphatic rings. The van der Waals surface area contributed by atoms with E-state index < -0.39 is 0 Å². The summed E-state index contributed by atoms with van der Waals surface area (Å²) in [7, 11) is 0. The van der Waals surface area contributed by atoms with Crippen LogP contribution in [0.1, 0.15) is 43.0 Å². The van der Waals surface area contributed by atoms with Crippen molar-refractivity contribution in [2.45, 2.75) is 32.6 Å². The summed E-state index contributed by atoms with van der Waals surface area (Å²) in [6, 6.07) is 9.12. The number of esters is 1. The molecule has 1 aliphatic carbocycles. The maximum atomic E-state index is 12.3. The molecule has 0 heterocycles. The average Bonchev–Trinajstić information content (AvgIpc) is 2.39. The molecule has 94 valence electrons. The molecule has 0 aliphatic heterocycles. The first-order valence-electron chi connectivity index (χ1n) is 6.18. The van der Waals surface area contributed by atoms with Crippen LogP contribution in [0, 0.1) is 0 Å². The summed E-state index contributed by atoms with van der Waals surface area (Å²) in [5, 5.41) is 0. The van der Waals surface area contributed by atoms with Gasteiger partial charge in [-0.25, -0.2) is 0 Å². The minimum Gasteiger partial charge on any atom is -0.431 e. The summed E-state index contributed by atoms with van der Waals surface area (Å²) >= 11 is 0. The lowest BCUT2D eigenvalue weighted by Gasteiger charge is -2.18. The van der Waals surface area contributed by atoms with Gasteiger partial charge in [0.25, 0.3) is 0 Å². The van der Waals surface area contributed by atoms with Crippen molar-refractivity contribution in [2.75, 3.05) is 0 Å². The van der Waals surface area contributed by atoms with Gasteiger partial charge in [0, 0.05) is 24.5 Å². The van der Waals surface area contributed by atoms with E-state index in [2.05, 4.69) is 0 Å². The molecule has 1 aromatic rings. The van der Waals surface area contributed by atoms with Crippen LogP contribution in [0.3, 0.4) is 0 Å². The van der Waals surface area contributed by atoms with Crippen LogP contribution < -0.4 is 0 Å². The van der Waals surface area contributed by atoms with Gasteiger partial charge in [0.15, 0.2) is 5.78 Å². The molecule has 2 rings (SSSR count). The van der Waals surface area contributed by atoms with Crippen LogP contribution in [0.2, 0.25) is 0 Å². The normalized spacial score (nSPS) is 15.4. The summed E-state index contributed by atoms with van der Waals surface area (Å²) in [5.74, 6) is 0.180. The molecule has 18 heavy (non-hydrogen) atoms. The van der Waals surface area contributed by atoms with Gasteiger partial charge in [-0.15, -0.1) is 0 Å². The zero-order valence-electron chi connectivity index (χ0n) is 10.4. The molecule has 3 heteroatoms. The molecular weight excluding hydrogens is 228 g/mol. The van der Waals surface area contributed by atoms with Gasteiger partial charge in [0.2, 0.25) is 0 Å². The molecule has 0 bridgehead atoms. The minimum atomic E-state index is -0.356. The second kappa shape index (κ2) is 5.63. The van der Waals surface area contributed by atoms with E-state index in [4.69, 9.17) is 4.74 Å². The second-order valence-electron chi connectivity index (χ2n) is 4.40. The first-order chi connectivity index (χ1) is 8.68. The standard InChI is InChI=1S/C15H16O3/c1-11(16)18-14-10-6-5-9-13(14)15(17)12-7-3-2-4-8-12/h2-4,7-8H,5-6,9-10H2,1H3. The Kier molecular flexibility index (Phi) is 3.92. The van der Waals surface area contributed by atoms with E-state index in [1.54, 1.807) is 12.1 Å². The Morgan fingerprint density at radius 1 is 1.06 bits per heavy atom. The molecule has 0 unspecified atom stereocenters. The average molecular weight is 244 g/mol. The molecule has 0 saturated heterocycles. The van der Waals surface area contributed by atoms with Crippen molar-refractivity contribution in [3.63, 3.8) is 0 Å². The Balaban J connectivity index is 2.30. The second-order valence-corrected chi connectivity index (χ2v) is 4.40. The van der Waals surface area contributed by atoms with Crippen LogP contribution in [0.25, 0.3) is 0 Å². The fraction of sp³-hybridized carbons (Fsp3) is 0.333. The summed E-state index contributed by atoms with van der Waals surface area (Å²) in [6.45, 7) is 1.37. The number of hydrogen-bond donors (Lipinski definition) is 0. The molecule has 0 atom stereocenters. The predicted molar refractivity (Wildman–Crippen MR) is 68.0 cm³/mol. The highest BCUT2D eigenvalue weighted by Crippen LogP contribution is 2.28. The molecule has 0 fully saturated rings. The number of allylic oxidation sites excluding steroid dienone is 2. The lowest BCUT2D eigenvalue weighted by Crippen LogP contribution is -2.14. The SMILES string of the molecule is CC(=O)OC1=C(C(=O)c2ccccc2)CCCC1. The van der Waals surface area contributed by atoms with Crippen molar-refractivity contribution < 1.29 is 14.3 Å². The van der Waals surface area contributed by atoms with Crippen molar-refractivity contribution in [2.24, 2.45) is 0 Å². The van der Waals surface area contributed by atoms with Crippen LogP contribution in [0.5, 0.6) is 0 Å². The van der Waals surface area contributed by atoms with Crippen LogP contribution in [-0.4, -0.2) is 11.8 Å². The summed E-state index contributed by atoms with van der Waals surface area (Å²) in [4.78, 5) is 23.4. The van der Waals surface area contributed by atoms with E-state index in [1.165, 1.54) is 6.92 Å². The number of Topliss-reactive ketones (excluding diaryl/α,β-unsaturated/α-hetero) is 1. The molecule has 0 saturated carbocycles. The zero-order valence-corrected chi connectivity index (χ0v) is 10.4. The Labute approximate surface area is 106 Å².